The Morgan fingerprint density at radius 2 is 2.05 bits per heavy atom. The van der Waals surface area contributed by atoms with E-state index in [1.807, 2.05) is 42.5 Å². The van der Waals surface area contributed by atoms with Crippen LogP contribution in [0.15, 0.2) is 65.7 Å². The molecule has 0 saturated carbocycles. The molecule has 2 aromatic heterocycles. The second kappa shape index (κ2) is 6.09. The summed E-state index contributed by atoms with van der Waals surface area (Å²) < 4.78 is 7.00. The predicted octanol–water partition coefficient (Wildman–Crippen LogP) is 2.44. The number of para-hydroxylation sites is 1. The van der Waals surface area contributed by atoms with Crippen LogP contribution >= 0.6 is 0 Å². The van der Waals surface area contributed by atoms with Crippen LogP contribution in [-0.4, -0.2) is 22.0 Å². The van der Waals surface area contributed by atoms with Crippen LogP contribution in [0.3, 0.4) is 0 Å². The van der Waals surface area contributed by atoms with Crippen LogP contribution in [0.2, 0.25) is 0 Å². The lowest BCUT2D eigenvalue weighted by Gasteiger charge is -2.08. The number of imidazole rings is 1. The predicted molar refractivity (Wildman–Crippen MR) is 78.3 cm³/mol. The maximum atomic E-state index is 12.2. The zero-order chi connectivity index (χ0) is 14.5. The first-order valence-corrected chi connectivity index (χ1v) is 6.73. The number of amides is 1. The molecule has 1 amide bonds. The Bertz CT molecular complexity index is 702. The average Bonchev–Trinajstić information content (AvgIpc) is 3.19. The van der Waals surface area contributed by atoms with Gasteiger partial charge in [0, 0.05) is 18.7 Å². The lowest BCUT2D eigenvalue weighted by molar-refractivity contribution is 0.0947. The van der Waals surface area contributed by atoms with Gasteiger partial charge in [0.05, 0.1) is 18.8 Å². The van der Waals surface area contributed by atoms with E-state index in [4.69, 9.17) is 4.42 Å². The molecule has 3 aromatic rings. The molecule has 3 rings (SSSR count). The monoisotopic (exact) mass is 281 g/mol. The molecule has 0 aliphatic rings. The van der Waals surface area contributed by atoms with Gasteiger partial charge in [0.25, 0.3) is 5.91 Å². The molecule has 0 saturated heterocycles. The second-order valence-corrected chi connectivity index (χ2v) is 4.57. The van der Waals surface area contributed by atoms with Gasteiger partial charge >= 0.3 is 0 Å². The summed E-state index contributed by atoms with van der Waals surface area (Å²) in [6.45, 7) is 0.520. The quantitative estimate of drug-likeness (QED) is 0.781. The third-order valence-electron chi connectivity index (χ3n) is 3.14. The van der Waals surface area contributed by atoms with Gasteiger partial charge in [0.1, 0.15) is 11.5 Å². The topological polar surface area (TPSA) is 60.1 Å². The molecule has 0 radical (unpaired) electrons. The number of benzene rings is 1. The molecular weight excluding hydrogens is 266 g/mol. The summed E-state index contributed by atoms with van der Waals surface area (Å²) in [5.41, 5.74) is 1.42. The van der Waals surface area contributed by atoms with Crippen molar-refractivity contribution < 1.29 is 9.21 Å². The van der Waals surface area contributed by atoms with Gasteiger partial charge in [-0.25, -0.2) is 4.98 Å². The summed E-state index contributed by atoms with van der Waals surface area (Å²) in [6.07, 6.45) is 5.49. The molecule has 0 bridgehead atoms. The number of carbonyl (C=O) groups is 1. The van der Waals surface area contributed by atoms with Crippen molar-refractivity contribution in [2.24, 2.45) is 0 Å². The van der Waals surface area contributed by atoms with E-state index in [0.717, 1.165) is 11.4 Å². The average molecular weight is 281 g/mol. The highest BCUT2D eigenvalue weighted by Crippen LogP contribution is 2.10. The van der Waals surface area contributed by atoms with Crippen molar-refractivity contribution in [1.82, 2.24) is 14.9 Å². The number of nitrogens with one attached hydrogen (secondary N) is 1. The SMILES string of the molecule is O=C(NCCc1ccco1)c1cncn1-c1ccccc1. The van der Waals surface area contributed by atoms with Crippen molar-refractivity contribution in [2.75, 3.05) is 6.54 Å². The molecule has 0 fully saturated rings. The highest BCUT2D eigenvalue weighted by atomic mass is 16.3. The number of hydrogen-bond acceptors (Lipinski definition) is 3. The Hall–Kier alpha value is -2.82. The number of rotatable bonds is 5. The Morgan fingerprint density at radius 3 is 2.81 bits per heavy atom. The minimum atomic E-state index is -0.150. The Kier molecular flexibility index (Phi) is 3.82. The van der Waals surface area contributed by atoms with E-state index >= 15 is 0 Å². The van der Waals surface area contributed by atoms with Gasteiger partial charge in [-0.15, -0.1) is 0 Å². The fraction of sp³-hybridized carbons (Fsp3) is 0.125. The third kappa shape index (κ3) is 3.02. The van der Waals surface area contributed by atoms with Crippen molar-refractivity contribution >= 4 is 5.91 Å². The lowest BCUT2D eigenvalue weighted by Crippen LogP contribution is -2.27. The van der Waals surface area contributed by atoms with Gasteiger partial charge in [-0.3, -0.25) is 9.36 Å². The first-order valence-electron chi connectivity index (χ1n) is 6.73. The molecule has 0 unspecified atom stereocenters. The van der Waals surface area contributed by atoms with Crippen LogP contribution in [-0.2, 0) is 6.42 Å². The standard InChI is InChI=1S/C16H15N3O2/c20-16(18-9-8-14-7-4-10-21-14)15-11-17-12-19(15)13-5-2-1-3-6-13/h1-7,10-12H,8-9H2,(H,18,20). The zero-order valence-corrected chi connectivity index (χ0v) is 11.4. The van der Waals surface area contributed by atoms with Gasteiger partial charge in [-0.05, 0) is 24.3 Å². The van der Waals surface area contributed by atoms with Gasteiger partial charge in [-0.2, -0.15) is 0 Å². The van der Waals surface area contributed by atoms with Gasteiger partial charge in [-0.1, -0.05) is 18.2 Å². The maximum absolute atomic E-state index is 12.2. The lowest BCUT2D eigenvalue weighted by atomic mass is 10.3. The third-order valence-corrected chi connectivity index (χ3v) is 3.14. The highest BCUT2D eigenvalue weighted by Gasteiger charge is 2.12. The number of hydrogen-bond donors (Lipinski definition) is 1. The molecule has 1 aromatic carbocycles. The van der Waals surface area contributed by atoms with Crippen LogP contribution in [0.25, 0.3) is 5.69 Å². The van der Waals surface area contributed by atoms with Crippen LogP contribution in [0.1, 0.15) is 16.2 Å². The second-order valence-electron chi connectivity index (χ2n) is 4.57. The zero-order valence-electron chi connectivity index (χ0n) is 11.4. The van der Waals surface area contributed by atoms with Gasteiger partial charge in [0.2, 0.25) is 0 Å². The summed E-state index contributed by atoms with van der Waals surface area (Å²) >= 11 is 0. The Balaban J connectivity index is 1.67. The molecule has 0 aliphatic heterocycles. The van der Waals surface area contributed by atoms with Crippen molar-refractivity contribution in [3.8, 4) is 5.69 Å². The fourth-order valence-electron chi connectivity index (χ4n) is 2.10. The first kappa shape index (κ1) is 13.2. The summed E-state index contributed by atoms with van der Waals surface area (Å²) in [5.74, 6) is 0.703. The molecular formula is C16H15N3O2. The smallest absolute Gasteiger partial charge is 0.269 e. The van der Waals surface area contributed by atoms with Crippen LogP contribution in [0.5, 0.6) is 0 Å². The summed E-state index contributed by atoms with van der Waals surface area (Å²) in [7, 11) is 0. The summed E-state index contributed by atoms with van der Waals surface area (Å²) in [5, 5.41) is 2.87. The Morgan fingerprint density at radius 1 is 1.19 bits per heavy atom. The van der Waals surface area contributed by atoms with Crippen LogP contribution in [0, 0.1) is 0 Å². The van der Waals surface area contributed by atoms with E-state index in [2.05, 4.69) is 10.3 Å². The minimum absolute atomic E-state index is 0.150. The number of furan rings is 1. The molecule has 21 heavy (non-hydrogen) atoms. The maximum Gasteiger partial charge on any atom is 0.269 e. The molecule has 0 spiro atoms. The van der Waals surface area contributed by atoms with Crippen LogP contribution in [0.4, 0.5) is 0 Å². The van der Waals surface area contributed by atoms with Crippen molar-refractivity contribution in [3.05, 3.63) is 72.7 Å². The normalized spacial score (nSPS) is 10.5. The van der Waals surface area contributed by atoms with E-state index in [1.54, 1.807) is 23.4 Å². The van der Waals surface area contributed by atoms with Crippen LogP contribution < -0.4 is 5.32 Å². The van der Waals surface area contributed by atoms with Crippen molar-refractivity contribution in [1.29, 1.82) is 0 Å². The van der Waals surface area contributed by atoms with E-state index in [0.29, 0.717) is 18.7 Å². The van der Waals surface area contributed by atoms with E-state index < -0.39 is 0 Å². The summed E-state index contributed by atoms with van der Waals surface area (Å²) in [6, 6.07) is 13.4. The first-order chi connectivity index (χ1) is 10.3. The molecule has 0 atom stereocenters. The van der Waals surface area contributed by atoms with Gasteiger partial charge in [0.15, 0.2) is 0 Å². The highest BCUT2D eigenvalue weighted by molar-refractivity contribution is 5.92. The van der Waals surface area contributed by atoms with E-state index in [-0.39, 0.29) is 5.91 Å². The number of carbonyl (C=O) groups excluding carboxylic acids is 1. The minimum Gasteiger partial charge on any atom is -0.469 e. The fourth-order valence-corrected chi connectivity index (χ4v) is 2.10. The molecule has 5 heteroatoms. The van der Waals surface area contributed by atoms with Crippen molar-refractivity contribution in [2.45, 2.75) is 6.42 Å². The van der Waals surface area contributed by atoms with E-state index in [9.17, 15) is 4.79 Å². The number of nitrogens with zero attached hydrogens (tertiary/aromatic N) is 2. The Labute approximate surface area is 122 Å². The molecule has 0 aliphatic carbocycles. The number of aromatic nitrogens is 2. The summed E-state index contributed by atoms with van der Waals surface area (Å²) in [4.78, 5) is 16.3. The van der Waals surface area contributed by atoms with E-state index in [1.165, 1.54) is 0 Å². The van der Waals surface area contributed by atoms with Gasteiger partial charge < -0.3 is 9.73 Å². The molecule has 1 N–H and O–H groups in total. The largest absolute Gasteiger partial charge is 0.469 e. The molecule has 106 valence electrons. The molecule has 2 heterocycles. The van der Waals surface area contributed by atoms with Crippen molar-refractivity contribution in [3.63, 3.8) is 0 Å². The molecule has 5 nitrogen and oxygen atoms in total.